The van der Waals surface area contributed by atoms with Crippen LogP contribution < -0.4 is 5.73 Å². The normalized spacial score (nSPS) is 15.2. The van der Waals surface area contributed by atoms with Crippen LogP contribution in [0.5, 0.6) is 0 Å². The minimum absolute atomic E-state index is 0.117. The van der Waals surface area contributed by atoms with Crippen molar-refractivity contribution in [3.05, 3.63) is 35.1 Å². The van der Waals surface area contributed by atoms with E-state index in [0.29, 0.717) is 5.56 Å². The van der Waals surface area contributed by atoms with Crippen molar-refractivity contribution in [1.29, 1.82) is 0 Å². The molecule has 78 valence electrons. The molecule has 3 heteroatoms. The molecule has 0 aliphatic carbocycles. The highest BCUT2D eigenvalue weighted by atomic mass is 19.1. The van der Waals surface area contributed by atoms with Crippen LogP contribution in [0.3, 0.4) is 0 Å². The van der Waals surface area contributed by atoms with Gasteiger partial charge in [-0.05, 0) is 36.6 Å². The molecular formula is C11H15F2N. The van der Waals surface area contributed by atoms with Crippen LogP contribution in [-0.2, 0) is 5.67 Å². The second kappa shape index (κ2) is 4.05. The molecule has 1 rings (SSSR count). The van der Waals surface area contributed by atoms with Gasteiger partial charge in [-0.25, -0.2) is 8.78 Å². The molecule has 0 amide bonds. The summed E-state index contributed by atoms with van der Waals surface area (Å²) in [5, 5.41) is 0. The molecule has 0 spiro atoms. The largest absolute Gasteiger partial charge is 0.327 e. The highest BCUT2D eigenvalue weighted by Gasteiger charge is 2.29. The molecule has 0 aliphatic rings. The summed E-state index contributed by atoms with van der Waals surface area (Å²) in [7, 11) is 0. The minimum atomic E-state index is -1.60. The van der Waals surface area contributed by atoms with Crippen molar-refractivity contribution >= 4 is 0 Å². The molecule has 2 N–H and O–H groups in total. The van der Waals surface area contributed by atoms with Crippen molar-refractivity contribution in [2.45, 2.75) is 25.9 Å². The predicted molar refractivity (Wildman–Crippen MR) is 53.3 cm³/mol. The van der Waals surface area contributed by atoms with Crippen molar-refractivity contribution in [2.75, 3.05) is 6.54 Å². The summed E-state index contributed by atoms with van der Waals surface area (Å²) in [4.78, 5) is 0. The van der Waals surface area contributed by atoms with E-state index in [0.717, 1.165) is 5.56 Å². The maximum Gasteiger partial charge on any atom is 0.148 e. The summed E-state index contributed by atoms with van der Waals surface area (Å²) >= 11 is 0. The summed E-state index contributed by atoms with van der Waals surface area (Å²) in [6, 6.07) is 4.13. The van der Waals surface area contributed by atoms with Crippen molar-refractivity contribution in [1.82, 2.24) is 0 Å². The zero-order chi connectivity index (χ0) is 10.8. The first-order valence-electron chi connectivity index (χ1n) is 4.69. The van der Waals surface area contributed by atoms with E-state index in [1.807, 2.05) is 0 Å². The van der Waals surface area contributed by atoms with Gasteiger partial charge >= 0.3 is 0 Å². The van der Waals surface area contributed by atoms with E-state index >= 15 is 0 Å². The number of benzene rings is 1. The molecule has 0 saturated heterocycles. The Morgan fingerprint density at radius 3 is 2.57 bits per heavy atom. The van der Waals surface area contributed by atoms with Crippen molar-refractivity contribution < 1.29 is 8.78 Å². The number of halogens is 2. The number of hydrogen-bond acceptors (Lipinski definition) is 1. The third kappa shape index (κ3) is 1.93. The van der Waals surface area contributed by atoms with Crippen molar-refractivity contribution in [3.63, 3.8) is 0 Å². The first kappa shape index (κ1) is 11.1. The van der Waals surface area contributed by atoms with Crippen LogP contribution in [-0.4, -0.2) is 6.54 Å². The molecule has 1 aromatic rings. The Labute approximate surface area is 82.9 Å². The van der Waals surface area contributed by atoms with Gasteiger partial charge in [-0.1, -0.05) is 13.0 Å². The second-order valence-corrected chi connectivity index (χ2v) is 3.48. The first-order chi connectivity index (χ1) is 6.53. The molecule has 0 saturated carbocycles. The predicted octanol–water partition coefficient (Wildman–Crippen LogP) is 2.67. The SMILES string of the molecule is CCC(F)(CN)c1cc(F)ccc1C. The molecule has 1 aromatic carbocycles. The van der Waals surface area contributed by atoms with E-state index in [9.17, 15) is 8.78 Å². The molecule has 0 aliphatic heterocycles. The summed E-state index contributed by atoms with van der Waals surface area (Å²) in [6.45, 7) is 3.35. The summed E-state index contributed by atoms with van der Waals surface area (Å²) in [5.41, 5.74) is 4.87. The van der Waals surface area contributed by atoms with Gasteiger partial charge < -0.3 is 5.73 Å². The van der Waals surface area contributed by atoms with E-state index in [4.69, 9.17) is 5.73 Å². The van der Waals surface area contributed by atoms with E-state index < -0.39 is 11.5 Å². The average Bonchev–Trinajstić information content (AvgIpc) is 2.20. The fraction of sp³-hybridized carbons (Fsp3) is 0.455. The fourth-order valence-electron chi connectivity index (χ4n) is 1.52. The molecule has 0 aromatic heterocycles. The Morgan fingerprint density at radius 2 is 2.07 bits per heavy atom. The fourth-order valence-corrected chi connectivity index (χ4v) is 1.52. The Morgan fingerprint density at radius 1 is 1.43 bits per heavy atom. The number of alkyl halides is 1. The monoisotopic (exact) mass is 199 g/mol. The molecule has 1 nitrogen and oxygen atoms in total. The Bertz CT molecular complexity index is 319. The van der Waals surface area contributed by atoms with Crippen LogP contribution in [0.4, 0.5) is 8.78 Å². The minimum Gasteiger partial charge on any atom is -0.327 e. The van der Waals surface area contributed by atoms with Gasteiger partial charge in [0, 0.05) is 6.54 Å². The highest BCUT2D eigenvalue weighted by molar-refractivity contribution is 5.32. The third-order valence-electron chi connectivity index (χ3n) is 2.57. The molecular weight excluding hydrogens is 184 g/mol. The Kier molecular flexibility index (Phi) is 3.21. The first-order valence-corrected chi connectivity index (χ1v) is 4.69. The van der Waals surface area contributed by atoms with E-state index in [-0.39, 0.29) is 13.0 Å². The average molecular weight is 199 g/mol. The summed E-state index contributed by atoms with van der Waals surface area (Å²) in [6.07, 6.45) is 0.258. The second-order valence-electron chi connectivity index (χ2n) is 3.48. The van der Waals surface area contributed by atoms with E-state index in [1.165, 1.54) is 12.1 Å². The van der Waals surface area contributed by atoms with Crippen LogP contribution in [0.15, 0.2) is 18.2 Å². The van der Waals surface area contributed by atoms with Gasteiger partial charge in [-0.2, -0.15) is 0 Å². The molecule has 14 heavy (non-hydrogen) atoms. The highest BCUT2D eigenvalue weighted by Crippen LogP contribution is 2.31. The smallest absolute Gasteiger partial charge is 0.148 e. The molecule has 0 radical (unpaired) electrons. The quantitative estimate of drug-likeness (QED) is 0.795. The van der Waals surface area contributed by atoms with Gasteiger partial charge in [0.1, 0.15) is 11.5 Å². The number of hydrogen-bond donors (Lipinski definition) is 1. The lowest BCUT2D eigenvalue weighted by atomic mass is 9.89. The number of aryl methyl sites for hydroxylation is 1. The van der Waals surface area contributed by atoms with E-state index in [1.54, 1.807) is 19.9 Å². The lowest BCUT2D eigenvalue weighted by molar-refractivity contribution is 0.167. The van der Waals surface area contributed by atoms with E-state index in [2.05, 4.69) is 0 Å². The molecule has 1 atom stereocenters. The van der Waals surface area contributed by atoms with Gasteiger partial charge in [0.2, 0.25) is 0 Å². The maximum atomic E-state index is 14.1. The molecule has 0 bridgehead atoms. The van der Waals surface area contributed by atoms with Crippen molar-refractivity contribution in [3.8, 4) is 0 Å². The van der Waals surface area contributed by atoms with Gasteiger partial charge in [-0.3, -0.25) is 0 Å². The standard InChI is InChI=1S/C11H15F2N/c1-3-11(13,7-14)10-6-9(12)5-4-8(10)2/h4-6H,3,7,14H2,1-2H3. The third-order valence-corrected chi connectivity index (χ3v) is 2.57. The molecule has 0 fully saturated rings. The molecule has 1 unspecified atom stereocenters. The summed E-state index contributed by atoms with van der Waals surface area (Å²) in [5.74, 6) is -0.422. The lowest BCUT2D eigenvalue weighted by Crippen LogP contribution is -2.30. The van der Waals surface area contributed by atoms with Crippen LogP contribution >= 0.6 is 0 Å². The number of nitrogens with two attached hydrogens (primary N) is 1. The van der Waals surface area contributed by atoms with Gasteiger partial charge in [0.05, 0.1) is 0 Å². The number of rotatable bonds is 3. The van der Waals surface area contributed by atoms with Gasteiger partial charge in [0.15, 0.2) is 0 Å². The van der Waals surface area contributed by atoms with Crippen molar-refractivity contribution in [2.24, 2.45) is 5.73 Å². The maximum absolute atomic E-state index is 14.1. The molecule has 0 heterocycles. The topological polar surface area (TPSA) is 26.0 Å². The van der Waals surface area contributed by atoms with Gasteiger partial charge in [-0.15, -0.1) is 0 Å². The van der Waals surface area contributed by atoms with Gasteiger partial charge in [0.25, 0.3) is 0 Å². The van der Waals surface area contributed by atoms with Crippen LogP contribution in [0.2, 0.25) is 0 Å². The zero-order valence-corrected chi connectivity index (χ0v) is 8.48. The Hall–Kier alpha value is -0.960. The zero-order valence-electron chi connectivity index (χ0n) is 8.48. The lowest BCUT2D eigenvalue weighted by Gasteiger charge is -2.24. The van der Waals surface area contributed by atoms with Crippen LogP contribution in [0.25, 0.3) is 0 Å². The summed E-state index contributed by atoms with van der Waals surface area (Å²) < 4.78 is 27.1. The Balaban J connectivity index is 3.22. The van der Waals surface area contributed by atoms with Crippen LogP contribution in [0, 0.1) is 12.7 Å². The van der Waals surface area contributed by atoms with Crippen LogP contribution in [0.1, 0.15) is 24.5 Å².